The summed E-state index contributed by atoms with van der Waals surface area (Å²) >= 11 is 1.18. The fraction of sp³-hybridized carbons (Fsp3) is 0.500. The Labute approximate surface area is 108 Å². The molecule has 1 aromatic heterocycles. The van der Waals surface area contributed by atoms with Crippen LogP contribution in [0.3, 0.4) is 0 Å². The average molecular weight is 269 g/mol. The predicted molar refractivity (Wildman–Crippen MR) is 69.3 cm³/mol. The minimum Gasteiger partial charge on any atom is -0.382 e. The van der Waals surface area contributed by atoms with Crippen molar-refractivity contribution in [3.05, 3.63) is 4.88 Å². The molecule has 0 saturated carbocycles. The predicted octanol–water partition coefficient (Wildman–Crippen LogP) is -0.143. The normalized spacial score (nSPS) is 18.9. The van der Waals surface area contributed by atoms with Crippen molar-refractivity contribution < 1.29 is 9.59 Å². The van der Waals surface area contributed by atoms with E-state index >= 15 is 0 Å². The van der Waals surface area contributed by atoms with Gasteiger partial charge in [0.1, 0.15) is 16.7 Å². The second-order valence-electron chi connectivity index (χ2n) is 4.04. The van der Waals surface area contributed by atoms with E-state index in [0.717, 1.165) is 6.42 Å². The maximum absolute atomic E-state index is 12.3. The maximum Gasteiger partial charge on any atom is 0.268 e. The molecule has 8 heteroatoms. The standard InChI is InChI=1S/C10H15N5O2S/c1-13-10-14-7(11)6(18-10)9(17)15-4-2-3-5(15)8(12)16/h5H,2-4,11H2,1H3,(H2,12,16)(H,13,14). The number of amides is 2. The molecule has 0 spiro atoms. The summed E-state index contributed by atoms with van der Waals surface area (Å²) < 4.78 is 0. The molecule has 1 unspecified atom stereocenters. The molecule has 1 aliphatic rings. The van der Waals surface area contributed by atoms with E-state index in [4.69, 9.17) is 11.5 Å². The van der Waals surface area contributed by atoms with Crippen LogP contribution in [-0.2, 0) is 4.79 Å². The smallest absolute Gasteiger partial charge is 0.268 e. The third-order valence-corrected chi connectivity index (χ3v) is 3.98. The van der Waals surface area contributed by atoms with Crippen LogP contribution in [0.1, 0.15) is 22.5 Å². The molecule has 0 aromatic carbocycles. The van der Waals surface area contributed by atoms with E-state index in [1.165, 1.54) is 16.2 Å². The zero-order chi connectivity index (χ0) is 13.3. The first-order chi connectivity index (χ1) is 8.54. The molecule has 2 heterocycles. The van der Waals surface area contributed by atoms with Gasteiger partial charge in [0.25, 0.3) is 5.91 Å². The number of rotatable bonds is 3. The lowest BCUT2D eigenvalue weighted by molar-refractivity contribution is -0.121. The molecule has 1 aromatic rings. The Kier molecular flexibility index (Phi) is 3.37. The highest BCUT2D eigenvalue weighted by Gasteiger charge is 2.34. The highest BCUT2D eigenvalue weighted by Crippen LogP contribution is 2.28. The number of carbonyl (C=O) groups is 2. The largest absolute Gasteiger partial charge is 0.382 e. The second kappa shape index (κ2) is 4.81. The van der Waals surface area contributed by atoms with Crippen molar-refractivity contribution in [3.8, 4) is 0 Å². The van der Waals surface area contributed by atoms with Crippen LogP contribution in [-0.4, -0.2) is 41.3 Å². The van der Waals surface area contributed by atoms with Gasteiger partial charge in [0.2, 0.25) is 5.91 Å². The van der Waals surface area contributed by atoms with Gasteiger partial charge in [-0.2, -0.15) is 0 Å². The molecule has 18 heavy (non-hydrogen) atoms. The number of nitrogens with two attached hydrogens (primary N) is 2. The van der Waals surface area contributed by atoms with Crippen LogP contribution >= 0.6 is 11.3 Å². The molecule has 0 bridgehead atoms. The summed E-state index contributed by atoms with van der Waals surface area (Å²) in [6.45, 7) is 0.526. The van der Waals surface area contributed by atoms with Crippen molar-refractivity contribution in [1.82, 2.24) is 9.88 Å². The van der Waals surface area contributed by atoms with Gasteiger partial charge in [-0.3, -0.25) is 9.59 Å². The summed E-state index contributed by atoms with van der Waals surface area (Å²) in [5, 5.41) is 3.41. The summed E-state index contributed by atoms with van der Waals surface area (Å²) in [5.41, 5.74) is 11.0. The minimum absolute atomic E-state index is 0.185. The zero-order valence-corrected chi connectivity index (χ0v) is 10.8. The molecule has 1 fully saturated rings. The minimum atomic E-state index is -0.531. The molecule has 1 atom stereocenters. The number of primary amides is 1. The molecule has 2 amide bonds. The van der Waals surface area contributed by atoms with Gasteiger partial charge in [-0.05, 0) is 12.8 Å². The van der Waals surface area contributed by atoms with Crippen molar-refractivity contribution in [3.63, 3.8) is 0 Å². The van der Waals surface area contributed by atoms with Crippen molar-refractivity contribution in [2.24, 2.45) is 5.73 Å². The number of aromatic nitrogens is 1. The Hall–Kier alpha value is -1.83. The van der Waals surface area contributed by atoms with Gasteiger partial charge < -0.3 is 21.7 Å². The monoisotopic (exact) mass is 269 g/mol. The fourth-order valence-corrected chi connectivity index (χ4v) is 2.82. The second-order valence-corrected chi connectivity index (χ2v) is 5.04. The summed E-state index contributed by atoms with van der Waals surface area (Å²) in [7, 11) is 1.70. The van der Waals surface area contributed by atoms with Gasteiger partial charge in [0.05, 0.1) is 0 Å². The maximum atomic E-state index is 12.3. The van der Waals surface area contributed by atoms with E-state index in [1.54, 1.807) is 7.05 Å². The summed E-state index contributed by atoms with van der Waals surface area (Å²) in [6, 6.07) is -0.531. The molecule has 5 N–H and O–H groups in total. The Morgan fingerprint density at radius 2 is 2.28 bits per heavy atom. The molecular weight excluding hydrogens is 254 g/mol. The first-order valence-electron chi connectivity index (χ1n) is 5.59. The zero-order valence-electron chi connectivity index (χ0n) is 9.97. The van der Waals surface area contributed by atoms with Gasteiger partial charge in [-0.15, -0.1) is 0 Å². The number of anilines is 2. The van der Waals surface area contributed by atoms with Crippen LogP contribution in [0, 0.1) is 0 Å². The van der Waals surface area contributed by atoms with Crippen LogP contribution in [0.15, 0.2) is 0 Å². The van der Waals surface area contributed by atoms with E-state index in [9.17, 15) is 9.59 Å². The average Bonchev–Trinajstić information content (AvgIpc) is 2.94. The number of thiazole rings is 1. The first kappa shape index (κ1) is 12.6. The van der Waals surface area contributed by atoms with Gasteiger partial charge in [-0.25, -0.2) is 4.98 Å². The lowest BCUT2D eigenvalue weighted by Crippen LogP contribution is -2.43. The summed E-state index contributed by atoms with van der Waals surface area (Å²) in [6.07, 6.45) is 1.38. The van der Waals surface area contributed by atoms with E-state index in [2.05, 4.69) is 10.3 Å². The highest BCUT2D eigenvalue weighted by atomic mass is 32.1. The topological polar surface area (TPSA) is 114 Å². The van der Waals surface area contributed by atoms with E-state index in [0.29, 0.717) is 23.0 Å². The van der Waals surface area contributed by atoms with Crippen LogP contribution in [0.4, 0.5) is 10.9 Å². The molecule has 1 aliphatic heterocycles. The lowest BCUT2D eigenvalue weighted by atomic mass is 10.2. The molecule has 0 radical (unpaired) electrons. The highest BCUT2D eigenvalue weighted by molar-refractivity contribution is 7.18. The number of hydrogen-bond acceptors (Lipinski definition) is 6. The van der Waals surface area contributed by atoms with Gasteiger partial charge in [0.15, 0.2) is 5.13 Å². The molecule has 2 rings (SSSR count). The number of nitrogens with zero attached hydrogens (tertiary/aromatic N) is 2. The molecule has 0 aliphatic carbocycles. The quantitative estimate of drug-likeness (QED) is 0.706. The third-order valence-electron chi connectivity index (χ3n) is 2.90. The molecular formula is C10H15N5O2S. The van der Waals surface area contributed by atoms with Crippen molar-refractivity contribution in [2.45, 2.75) is 18.9 Å². The van der Waals surface area contributed by atoms with Gasteiger partial charge in [-0.1, -0.05) is 11.3 Å². The Morgan fingerprint density at radius 1 is 1.56 bits per heavy atom. The van der Waals surface area contributed by atoms with Gasteiger partial charge >= 0.3 is 0 Å². The van der Waals surface area contributed by atoms with Crippen molar-refractivity contribution in [2.75, 3.05) is 24.6 Å². The van der Waals surface area contributed by atoms with E-state index in [1.807, 2.05) is 0 Å². The number of hydrogen-bond donors (Lipinski definition) is 3. The van der Waals surface area contributed by atoms with Crippen LogP contribution < -0.4 is 16.8 Å². The molecule has 98 valence electrons. The Morgan fingerprint density at radius 3 is 2.83 bits per heavy atom. The summed E-state index contributed by atoms with van der Waals surface area (Å²) in [4.78, 5) is 29.4. The SMILES string of the molecule is CNc1nc(N)c(C(=O)N2CCCC2C(N)=O)s1. The van der Waals surface area contributed by atoms with E-state index < -0.39 is 11.9 Å². The van der Waals surface area contributed by atoms with Crippen LogP contribution in [0.2, 0.25) is 0 Å². The van der Waals surface area contributed by atoms with Crippen LogP contribution in [0.5, 0.6) is 0 Å². The number of likely N-dealkylation sites (tertiary alicyclic amines) is 1. The van der Waals surface area contributed by atoms with Crippen molar-refractivity contribution in [1.29, 1.82) is 0 Å². The number of nitrogens with one attached hydrogen (secondary N) is 1. The number of nitrogen functional groups attached to an aromatic ring is 1. The molecule has 1 saturated heterocycles. The first-order valence-corrected chi connectivity index (χ1v) is 6.40. The fourth-order valence-electron chi connectivity index (χ4n) is 2.03. The van der Waals surface area contributed by atoms with E-state index in [-0.39, 0.29) is 11.7 Å². The lowest BCUT2D eigenvalue weighted by Gasteiger charge is -2.21. The molecule has 7 nitrogen and oxygen atoms in total. The van der Waals surface area contributed by atoms with Crippen LogP contribution in [0.25, 0.3) is 0 Å². The third kappa shape index (κ3) is 2.10. The van der Waals surface area contributed by atoms with Crippen molar-refractivity contribution >= 4 is 34.1 Å². The number of carbonyl (C=O) groups excluding carboxylic acids is 2. The Balaban J connectivity index is 2.25. The summed E-state index contributed by atoms with van der Waals surface area (Å²) in [5.74, 6) is -0.560. The Bertz CT molecular complexity index is 487. The van der Waals surface area contributed by atoms with Gasteiger partial charge in [0, 0.05) is 13.6 Å².